The number of nitrogens with one attached hydrogen (secondary N) is 3. The van der Waals surface area contributed by atoms with E-state index in [0.29, 0.717) is 17.0 Å². The Labute approximate surface area is 194 Å². The van der Waals surface area contributed by atoms with Crippen LogP contribution in [0.5, 0.6) is 5.75 Å². The number of hydrogen-bond acceptors (Lipinski definition) is 4. The van der Waals surface area contributed by atoms with Crippen molar-refractivity contribution in [3.8, 4) is 45.5 Å². The quantitative estimate of drug-likeness (QED) is 0.302. The number of aromatic amines is 3. The molecular formula is C26H18N4O2S. The molecule has 0 saturated carbocycles. The predicted octanol–water partition coefficient (Wildman–Crippen LogP) is 5.80. The third kappa shape index (κ3) is 3.53. The third-order valence-electron chi connectivity index (χ3n) is 5.57. The number of rotatable bonds is 4. The lowest BCUT2D eigenvalue weighted by Crippen LogP contribution is -2.13. The molecule has 2 aromatic heterocycles. The van der Waals surface area contributed by atoms with E-state index in [1.807, 2.05) is 54.6 Å². The minimum absolute atomic E-state index is 0.0561. The summed E-state index contributed by atoms with van der Waals surface area (Å²) in [6, 6.07) is 26.0. The molecule has 0 bridgehead atoms. The summed E-state index contributed by atoms with van der Waals surface area (Å²) in [6.45, 7) is 0. The van der Waals surface area contributed by atoms with E-state index >= 15 is 0 Å². The zero-order chi connectivity index (χ0) is 22.9. The summed E-state index contributed by atoms with van der Waals surface area (Å²) < 4.78 is 5.84. The van der Waals surface area contributed by atoms with Crippen molar-refractivity contribution < 1.29 is 4.74 Å². The molecule has 0 spiro atoms. The van der Waals surface area contributed by atoms with E-state index in [9.17, 15) is 10.1 Å². The molecule has 7 heteroatoms. The molecule has 0 fully saturated rings. The summed E-state index contributed by atoms with van der Waals surface area (Å²) in [5, 5.41) is 10.6. The normalized spacial score (nSPS) is 10.8. The number of aromatic nitrogens is 3. The van der Waals surface area contributed by atoms with E-state index in [1.54, 1.807) is 7.11 Å². The molecular weight excluding hydrogens is 432 g/mol. The van der Waals surface area contributed by atoms with E-state index < -0.39 is 5.56 Å². The van der Waals surface area contributed by atoms with E-state index in [4.69, 9.17) is 17.0 Å². The van der Waals surface area contributed by atoms with Gasteiger partial charge in [-0.05, 0) is 35.5 Å². The molecule has 0 atom stereocenters. The first-order valence-electron chi connectivity index (χ1n) is 10.2. The van der Waals surface area contributed by atoms with Gasteiger partial charge in [0.15, 0.2) is 4.77 Å². The molecule has 0 saturated heterocycles. The Morgan fingerprint density at radius 3 is 2.18 bits per heavy atom. The molecule has 5 aromatic rings. The summed E-state index contributed by atoms with van der Waals surface area (Å²) in [5.74, 6) is 0.519. The van der Waals surface area contributed by atoms with Crippen molar-refractivity contribution in [1.82, 2.24) is 15.0 Å². The Kier molecular flexibility index (Phi) is 5.13. The van der Waals surface area contributed by atoms with Gasteiger partial charge in [-0.15, -0.1) is 0 Å². The van der Waals surface area contributed by atoms with Crippen LogP contribution >= 0.6 is 12.2 Å². The second kappa shape index (κ2) is 8.26. The first-order valence-corrected chi connectivity index (χ1v) is 10.6. The van der Waals surface area contributed by atoms with Gasteiger partial charge in [-0.25, -0.2) is 0 Å². The molecule has 3 N–H and O–H groups in total. The molecule has 0 radical (unpaired) electrons. The lowest BCUT2D eigenvalue weighted by molar-refractivity contribution is 0.417. The maximum Gasteiger partial charge on any atom is 0.270 e. The van der Waals surface area contributed by atoms with Crippen LogP contribution in [0.4, 0.5) is 0 Å². The van der Waals surface area contributed by atoms with Crippen molar-refractivity contribution in [2.75, 3.05) is 7.11 Å². The fourth-order valence-electron chi connectivity index (χ4n) is 4.11. The highest BCUT2D eigenvalue weighted by atomic mass is 32.1. The van der Waals surface area contributed by atoms with Gasteiger partial charge in [-0.2, -0.15) is 5.26 Å². The topological polar surface area (TPSA) is 97.5 Å². The van der Waals surface area contributed by atoms with Gasteiger partial charge in [0.05, 0.1) is 18.5 Å². The van der Waals surface area contributed by atoms with Crippen LogP contribution in [0, 0.1) is 16.1 Å². The molecule has 0 aliphatic heterocycles. The highest BCUT2D eigenvalue weighted by Gasteiger charge is 2.20. The number of nitrogens with zero attached hydrogens (tertiary/aromatic N) is 1. The first-order chi connectivity index (χ1) is 16.1. The number of nitriles is 1. The smallest absolute Gasteiger partial charge is 0.270 e. The van der Waals surface area contributed by atoms with Gasteiger partial charge in [-0.3, -0.25) is 9.78 Å². The number of ether oxygens (including phenoxy) is 1. The van der Waals surface area contributed by atoms with E-state index in [2.05, 4.69) is 39.2 Å². The van der Waals surface area contributed by atoms with Crippen LogP contribution in [0.3, 0.4) is 0 Å². The Balaban J connectivity index is 1.87. The van der Waals surface area contributed by atoms with Crippen LogP contribution in [0.15, 0.2) is 77.6 Å². The zero-order valence-corrected chi connectivity index (χ0v) is 18.4. The molecule has 0 aliphatic carbocycles. The maximum atomic E-state index is 12.3. The van der Waals surface area contributed by atoms with Crippen LogP contribution in [0.25, 0.3) is 44.5 Å². The molecule has 5 rings (SSSR count). The minimum Gasteiger partial charge on any atom is -0.496 e. The molecule has 6 nitrogen and oxygen atoms in total. The number of hydrogen-bond donors (Lipinski definition) is 3. The van der Waals surface area contributed by atoms with Crippen LogP contribution in [0.2, 0.25) is 0 Å². The highest BCUT2D eigenvalue weighted by Crippen LogP contribution is 2.42. The molecule has 0 aliphatic rings. The second-order valence-electron chi connectivity index (χ2n) is 7.48. The largest absolute Gasteiger partial charge is 0.496 e. The monoisotopic (exact) mass is 450 g/mol. The maximum absolute atomic E-state index is 12.3. The van der Waals surface area contributed by atoms with Crippen LogP contribution in [-0.4, -0.2) is 22.1 Å². The summed E-state index contributed by atoms with van der Waals surface area (Å²) in [7, 11) is 1.56. The number of methoxy groups -OCH3 is 1. The van der Waals surface area contributed by atoms with Gasteiger partial charge >= 0.3 is 0 Å². The number of fused-ring (bicyclic) bond motifs is 1. The SMILES string of the molecule is COc1cc2c(-c3ccccc3)c(-c3ccccc3)[nH]c2cc1-c1[nH]c(=S)[nH]c(=O)c1C#N. The van der Waals surface area contributed by atoms with Crippen molar-refractivity contribution in [3.05, 3.63) is 93.5 Å². The Bertz CT molecular complexity index is 1640. The molecule has 0 amide bonds. The fourth-order valence-corrected chi connectivity index (χ4v) is 4.30. The van der Waals surface area contributed by atoms with Gasteiger partial charge < -0.3 is 14.7 Å². The zero-order valence-electron chi connectivity index (χ0n) is 17.6. The van der Waals surface area contributed by atoms with Gasteiger partial charge in [0.1, 0.15) is 17.4 Å². The lowest BCUT2D eigenvalue weighted by atomic mass is 9.97. The molecule has 3 aromatic carbocycles. The van der Waals surface area contributed by atoms with Gasteiger partial charge in [0.25, 0.3) is 5.56 Å². The Morgan fingerprint density at radius 2 is 1.55 bits per heavy atom. The van der Waals surface area contributed by atoms with Gasteiger partial charge in [-0.1, -0.05) is 60.7 Å². The van der Waals surface area contributed by atoms with Gasteiger partial charge in [0, 0.05) is 22.0 Å². The minimum atomic E-state index is -0.542. The van der Waals surface area contributed by atoms with Crippen molar-refractivity contribution >= 4 is 23.1 Å². The Morgan fingerprint density at radius 1 is 0.879 bits per heavy atom. The molecule has 0 unspecified atom stereocenters. The predicted molar refractivity (Wildman–Crippen MR) is 132 cm³/mol. The molecule has 2 heterocycles. The van der Waals surface area contributed by atoms with Crippen molar-refractivity contribution in [3.63, 3.8) is 0 Å². The number of benzene rings is 3. The molecule has 33 heavy (non-hydrogen) atoms. The van der Waals surface area contributed by atoms with E-state index in [-0.39, 0.29) is 10.3 Å². The van der Waals surface area contributed by atoms with E-state index in [0.717, 1.165) is 33.3 Å². The average molecular weight is 451 g/mol. The summed E-state index contributed by atoms with van der Waals surface area (Å²) in [5.41, 5.74) is 5.25. The van der Waals surface area contributed by atoms with Crippen LogP contribution in [-0.2, 0) is 0 Å². The summed E-state index contributed by atoms with van der Waals surface area (Å²) >= 11 is 5.15. The van der Waals surface area contributed by atoms with Gasteiger partial charge in [0.2, 0.25) is 0 Å². The summed E-state index contributed by atoms with van der Waals surface area (Å²) in [6.07, 6.45) is 0. The van der Waals surface area contributed by atoms with Crippen LogP contribution in [0.1, 0.15) is 5.56 Å². The van der Waals surface area contributed by atoms with Crippen LogP contribution < -0.4 is 10.3 Å². The van der Waals surface area contributed by atoms with Crippen molar-refractivity contribution in [2.24, 2.45) is 0 Å². The van der Waals surface area contributed by atoms with Crippen molar-refractivity contribution in [1.29, 1.82) is 5.26 Å². The second-order valence-corrected chi connectivity index (χ2v) is 7.88. The lowest BCUT2D eigenvalue weighted by Gasteiger charge is -2.11. The highest BCUT2D eigenvalue weighted by molar-refractivity contribution is 7.71. The fraction of sp³-hybridized carbons (Fsp3) is 0.0385. The first kappa shape index (κ1) is 20.5. The standard InChI is InChI=1S/C26H18N4O2S/c1-32-21-13-17-20(12-18(21)24-19(14-27)25(31)30-26(33)29-24)28-23(16-10-6-3-7-11-16)22(17)15-8-4-2-5-9-15/h2-13,28H,1H3,(H2,29,30,31,33). The van der Waals surface area contributed by atoms with Crippen molar-refractivity contribution in [2.45, 2.75) is 0 Å². The molecule has 160 valence electrons. The number of H-pyrrole nitrogens is 3. The third-order valence-corrected chi connectivity index (χ3v) is 5.77. The Hall–Kier alpha value is -4.41. The summed E-state index contributed by atoms with van der Waals surface area (Å²) in [4.78, 5) is 21.3. The average Bonchev–Trinajstić information content (AvgIpc) is 3.22. The van der Waals surface area contributed by atoms with E-state index in [1.165, 1.54) is 0 Å².